The molecule has 98 valence electrons. The Kier molecular flexibility index (Phi) is 3.82. The average Bonchev–Trinajstić information content (AvgIpc) is 2.21. The first-order chi connectivity index (χ1) is 8.53. The smallest absolute Gasteiger partial charge is 0.231 e. The molecule has 1 aliphatic carbocycles. The number of aryl methyl sites for hydroxylation is 1. The van der Waals surface area contributed by atoms with Crippen LogP contribution in [0.25, 0.3) is 0 Å². The molecular formula is C12H17ClN4O. The predicted octanol–water partition coefficient (Wildman–Crippen LogP) is 1.90. The van der Waals surface area contributed by atoms with Gasteiger partial charge in [-0.25, -0.2) is 9.97 Å². The summed E-state index contributed by atoms with van der Waals surface area (Å²) in [6, 6.07) is 1.64. The number of nitrogens with one attached hydrogen (secondary N) is 1. The first-order valence-electron chi connectivity index (χ1n) is 6.04. The molecule has 3 N–H and O–H groups in total. The maximum atomic E-state index is 11.9. The second-order valence-electron chi connectivity index (χ2n) is 4.94. The van der Waals surface area contributed by atoms with E-state index in [1.165, 1.54) is 0 Å². The molecule has 1 saturated carbocycles. The summed E-state index contributed by atoms with van der Waals surface area (Å²) in [4.78, 5) is 20.0. The quantitative estimate of drug-likeness (QED) is 0.817. The highest BCUT2D eigenvalue weighted by molar-refractivity contribution is 6.29. The minimum atomic E-state index is -0.0955. The van der Waals surface area contributed by atoms with E-state index >= 15 is 0 Å². The van der Waals surface area contributed by atoms with Crippen molar-refractivity contribution in [3.05, 3.63) is 16.9 Å². The van der Waals surface area contributed by atoms with Gasteiger partial charge in [0.25, 0.3) is 0 Å². The first kappa shape index (κ1) is 13.2. The van der Waals surface area contributed by atoms with Gasteiger partial charge in [0, 0.05) is 12.1 Å². The Morgan fingerprint density at radius 1 is 1.56 bits per heavy atom. The first-order valence-corrected chi connectivity index (χ1v) is 6.42. The molecule has 0 spiro atoms. The second-order valence-corrected chi connectivity index (χ2v) is 5.33. The largest absolute Gasteiger partial charge is 0.330 e. The van der Waals surface area contributed by atoms with Crippen LogP contribution in [0.5, 0.6) is 0 Å². The summed E-state index contributed by atoms with van der Waals surface area (Å²) in [5, 5.41) is 3.01. The molecule has 1 aromatic rings. The van der Waals surface area contributed by atoms with Crippen LogP contribution in [0.15, 0.2) is 6.07 Å². The van der Waals surface area contributed by atoms with Gasteiger partial charge < -0.3 is 5.73 Å². The number of hydrogen-bond acceptors (Lipinski definition) is 4. The highest BCUT2D eigenvalue weighted by Gasteiger charge is 2.37. The van der Waals surface area contributed by atoms with Gasteiger partial charge in [-0.05, 0) is 37.8 Å². The molecule has 0 aromatic carbocycles. The molecule has 6 heteroatoms. The number of nitrogens with two attached hydrogens (primary N) is 1. The number of anilines is 1. The Morgan fingerprint density at radius 3 is 2.78 bits per heavy atom. The molecule has 0 saturated heterocycles. The molecule has 0 bridgehead atoms. The minimum Gasteiger partial charge on any atom is -0.330 e. The molecule has 1 fully saturated rings. The number of rotatable bonds is 4. The second kappa shape index (κ2) is 5.20. The van der Waals surface area contributed by atoms with Gasteiger partial charge in [0.2, 0.25) is 11.9 Å². The van der Waals surface area contributed by atoms with Crippen LogP contribution >= 0.6 is 11.6 Å². The van der Waals surface area contributed by atoms with Crippen LogP contribution in [0.4, 0.5) is 5.95 Å². The summed E-state index contributed by atoms with van der Waals surface area (Å²) in [5.41, 5.74) is 6.43. The lowest BCUT2D eigenvalue weighted by atomic mass is 9.66. The Balaban J connectivity index is 1.98. The van der Waals surface area contributed by atoms with Crippen molar-refractivity contribution in [3.8, 4) is 0 Å². The van der Waals surface area contributed by atoms with Crippen molar-refractivity contribution in [2.75, 3.05) is 11.9 Å². The summed E-state index contributed by atoms with van der Waals surface area (Å²) in [7, 11) is 0. The fourth-order valence-electron chi connectivity index (χ4n) is 2.23. The van der Waals surface area contributed by atoms with E-state index in [0.717, 1.165) is 25.0 Å². The van der Waals surface area contributed by atoms with Gasteiger partial charge in [-0.1, -0.05) is 18.0 Å². The van der Waals surface area contributed by atoms with Gasteiger partial charge in [-0.2, -0.15) is 0 Å². The van der Waals surface area contributed by atoms with Crippen molar-refractivity contribution in [2.24, 2.45) is 11.1 Å². The number of carbonyl (C=O) groups excluding carboxylic acids is 1. The minimum absolute atomic E-state index is 0.0162. The number of amides is 1. The number of aromatic nitrogens is 2. The predicted molar refractivity (Wildman–Crippen MR) is 70.4 cm³/mol. The number of halogens is 1. The molecule has 1 amide bonds. The van der Waals surface area contributed by atoms with Crippen molar-refractivity contribution in [2.45, 2.75) is 32.6 Å². The van der Waals surface area contributed by atoms with Gasteiger partial charge in [-0.15, -0.1) is 0 Å². The van der Waals surface area contributed by atoms with E-state index in [1.54, 1.807) is 13.0 Å². The molecule has 1 aliphatic rings. The van der Waals surface area contributed by atoms with E-state index in [0.29, 0.717) is 18.1 Å². The lowest BCUT2D eigenvalue weighted by molar-refractivity contribution is -0.119. The Morgan fingerprint density at radius 2 is 2.28 bits per heavy atom. The van der Waals surface area contributed by atoms with Crippen LogP contribution in [0, 0.1) is 12.3 Å². The van der Waals surface area contributed by atoms with Crippen LogP contribution in [-0.4, -0.2) is 22.4 Å². The lowest BCUT2D eigenvalue weighted by Crippen LogP contribution is -2.40. The Hall–Kier alpha value is -1.20. The maximum Gasteiger partial charge on any atom is 0.231 e. The van der Waals surface area contributed by atoms with Crippen LogP contribution in [0.1, 0.15) is 31.4 Å². The molecule has 18 heavy (non-hydrogen) atoms. The van der Waals surface area contributed by atoms with E-state index in [1.807, 2.05) is 0 Å². The van der Waals surface area contributed by atoms with E-state index in [4.69, 9.17) is 17.3 Å². The summed E-state index contributed by atoms with van der Waals surface area (Å²) in [5.74, 6) is 0.165. The van der Waals surface area contributed by atoms with Gasteiger partial charge >= 0.3 is 0 Å². The summed E-state index contributed by atoms with van der Waals surface area (Å²) in [6.07, 6.45) is 3.62. The topological polar surface area (TPSA) is 80.9 Å². The molecular weight excluding hydrogens is 252 g/mol. The van der Waals surface area contributed by atoms with E-state index in [2.05, 4.69) is 15.3 Å². The molecule has 5 nitrogen and oxygen atoms in total. The zero-order valence-electron chi connectivity index (χ0n) is 10.4. The van der Waals surface area contributed by atoms with Crippen molar-refractivity contribution in [1.82, 2.24) is 9.97 Å². The lowest BCUT2D eigenvalue weighted by Gasteiger charge is -2.40. The third-order valence-electron chi connectivity index (χ3n) is 3.46. The summed E-state index contributed by atoms with van der Waals surface area (Å²) >= 11 is 5.81. The molecule has 1 heterocycles. The van der Waals surface area contributed by atoms with Crippen molar-refractivity contribution < 1.29 is 4.79 Å². The fraction of sp³-hybridized carbons (Fsp3) is 0.583. The monoisotopic (exact) mass is 268 g/mol. The van der Waals surface area contributed by atoms with Crippen LogP contribution < -0.4 is 11.1 Å². The number of hydrogen-bond donors (Lipinski definition) is 2. The Bertz CT molecular complexity index is 434. The Labute approximate surface area is 111 Å². The highest BCUT2D eigenvalue weighted by atomic mass is 35.5. The van der Waals surface area contributed by atoms with Gasteiger partial charge in [-0.3, -0.25) is 10.1 Å². The molecule has 2 rings (SSSR count). The molecule has 0 atom stereocenters. The van der Waals surface area contributed by atoms with Gasteiger partial charge in [0.15, 0.2) is 0 Å². The zero-order valence-corrected chi connectivity index (χ0v) is 11.1. The van der Waals surface area contributed by atoms with Gasteiger partial charge in [0.05, 0.1) is 0 Å². The van der Waals surface area contributed by atoms with Crippen LogP contribution in [-0.2, 0) is 4.79 Å². The molecule has 1 aromatic heterocycles. The molecule has 0 radical (unpaired) electrons. The van der Waals surface area contributed by atoms with Crippen LogP contribution in [0.2, 0.25) is 5.15 Å². The highest BCUT2D eigenvalue weighted by Crippen LogP contribution is 2.42. The average molecular weight is 269 g/mol. The zero-order chi connectivity index (χ0) is 13.2. The van der Waals surface area contributed by atoms with Gasteiger partial charge in [0.1, 0.15) is 5.15 Å². The summed E-state index contributed by atoms with van der Waals surface area (Å²) in [6.45, 7) is 2.35. The number of carbonyl (C=O) groups is 1. The SMILES string of the molecule is Cc1cc(Cl)nc(NC(=O)CC2(CN)CCC2)n1. The third kappa shape index (κ3) is 2.97. The van der Waals surface area contributed by atoms with E-state index < -0.39 is 0 Å². The van der Waals surface area contributed by atoms with E-state index in [9.17, 15) is 4.79 Å². The summed E-state index contributed by atoms with van der Waals surface area (Å²) < 4.78 is 0. The van der Waals surface area contributed by atoms with Crippen molar-refractivity contribution in [3.63, 3.8) is 0 Å². The molecule has 0 unspecified atom stereocenters. The van der Waals surface area contributed by atoms with E-state index in [-0.39, 0.29) is 17.3 Å². The normalized spacial score (nSPS) is 17.1. The standard InChI is InChI=1S/C12H17ClN4O/c1-8-5-9(13)16-11(15-8)17-10(18)6-12(7-14)3-2-4-12/h5H,2-4,6-7,14H2,1H3,(H,15,16,17,18). The van der Waals surface area contributed by atoms with Crippen molar-refractivity contribution >= 4 is 23.5 Å². The molecule has 0 aliphatic heterocycles. The third-order valence-corrected chi connectivity index (χ3v) is 3.65. The van der Waals surface area contributed by atoms with Crippen LogP contribution in [0.3, 0.4) is 0 Å². The number of nitrogens with zero attached hydrogens (tertiary/aromatic N) is 2. The maximum absolute atomic E-state index is 11.9. The van der Waals surface area contributed by atoms with Crippen molar-refractivity contribution in [1.29, 1.82) is 0 Å². The fourth-order valence-corrected chi connectivity index (χ4v) is 2.46.